The van der Waals surface area contributed by atoms with Gasteiger partial charge in [-0.05, 0) is 36.4 Å². The van der Waals surface area contributed by atoms with Crippen molar-refractivity contribution in [3.05, 3.63) is 64.3 Å². The average molecular weight is 378 g/mol. The van der Waals surface area contributed by atoms with E-state index in [0.717, 1.165) is 41.3 Å². The van der Waals surface area contributed by atoms with Gasteiger partial charge in [-0.3, -0.25) is 10.1 Å². The van der Waals surface area contributed by atoms with Gasteiger partial charge >= 0.3 is 0 Å². The van der Waals surface area contributed by atoms with Gasteiger partial charge in [-0.15, -0.1) is 0 Å². The molecular formula is C20H18N4O2S. The molecule has 5 rings (SSSR count). The second kappa shape index (κ2) is 6.35. The van der Waals surface area contributed by atoms with Crippen LogP contribution in [0.25, 0.3) is 21.1 Å². The molecule has 1 saturated heterocycles. The van der Waals surface area contributed by atoms with Crippen LogP contribution in [-0.4, -0.2) is 28.0 Å². The highest BCUT2D eigenvalue weighted by atomic mass is 32.1. The average Bonchev–Trinajstić information content (AvgIpc) is 3.31. The molecule has 6 nitrogen and oxygen atoms in total. The van der Waals surface area contributed by atoms with Crippen LogP contribution in [-0.2, 0) is 0 Å². The number of thiazole rings is 1. The quantitative estimate of drug-likeness (QED) is 0.399. The third-order valence-corrected chi connectivity index (χ3v) is 6.41. The van der Waals surface area contributed by atoms with Crippen LogP contribution in [0.1, 0.15) is 24.5 Å². The number of non-ortho nitro benzene ring substituents is 1. The van der Waals surface area contributed by atoms with Crippen molar-refractivity contribution in [2.45, 2.75) is 18.8 Å². The van der Waals surface area contributed by atoms with E-state index in [4.69, 9.17) is 0 Å². The molecule has 27 heavy (non-hydrogen) atoms. The topological polar surface area (TPSA) is 75.1 Å². The largest absolute Gasteiger partial charge is 0.358 e. The Bertz CT molecular complexity index is 1110. The van der Waals surface area contributed by atoms with E-state index < -0.39 is 0 Å². The van der Waals surface area contributed by atoms with Crippen molar-refractivity contribution in [2.24, 2.45) is 0 Å². The van der Waals surface area contributed by atoms with Crippen LogP contribution in [0.15, 0.2) is 48.5 Å². The Morgan fingerprint density at radius 2 is 1.96 bits per heavy atom. The second-order valence-electron chi connectivity index (χ2n) is 6.98. The van der Waals surface area contributed by atoms with Crippen molar-refractivity contribution in [2.75, 3.05) is 18.0 Å². The molecule has 0 spiro atoms. The minimum absolute atomic E-state index is 0.121. The lowest BCUT2D eigenvalue weighted by atomic mass is 9.94. The number of hydrogen-bond acceptors (Lipinski definition) is 5. The van der Waals surface area contributed by atoms with Gasteiger partial charge in [-0.1, -0.05) is 29.5 Å². The lowest BCUT2D eigenvalue weighted by Gasteiger charge is -2.31. The number of aromatic nitrogens is 2. The Morgan fingerprint density at radius 3 is 2.74 bits per heavy atom. The normalized spacial score (nSPS) is 15.6. The van der Waals surface area contributed by atoms with Gasteiger partial charge in [0.05, 0.1) is 15.1 Å². The first-order chi connectivity index (χ1) is 13.2. The van der Waals surface area contributed by atoms with Crippen LogP contribution < -0.4 is 4.90 Å². The summed E-state index contributed by atoms with van der Waals surface area (Å²) < 4.78 is 0.872. The molecule has 2 aromatic carbocycles. The summed E-state index contributed by atoms with van der Waals surface area (Å²) in [5.41, 5.74) is 3.46. The molecule has 0 bridgehead atoms. The predicted molar refractivity (Wildman–Crippen MR) is 109 cm³/mol. The molecule has 4 aromatic rings. The third kappa shape index (κ3) is 2.94. The van der Waals surface area contributed by atoms with Crippen LogP contribution in [0.4, 0.5) is 10.8 Å². The molecule has 2 aromatic heterocycles. The number of rotatable bonds is 3. The number of nitro benzene ring substituents is 1. The maximum absolute atomic E-state index is 11.0. The number of benzene rings is 2. The van der Waals surface area contributed by atoms with E-state index >= 15 is 0 Å². The lowest BCUT2D eigenvalue weighted by molar-refractivity contribution is -0.384. The number of piperidine rings is 1. The summed E-state index contributed by atoms with van der Waals surface area (Å²) in [7, 11) is 0. The van der Waals surface area contributed by atoms with E-state index in [1.165, 1.54) is 34.0 Å². The van der Waals surface area contributed by atoms with Crippen LogP contribution in [0.2, 0.25) is 0 Å². The minimum atomic E-state index is -0.356. The zero-order valence-corrected chi connectivity index (χ0v) is 15.4. The van der Waals surface area contributed by atoms with Crippen LogP contribution >= 0.6 is 11.3 Å². The highest BCUT2D eigenvalue weighted by Crippen LogP contribution is 2.36. The van der Waals surface area contributed by atoms with Gasteiger partial charge in [-0.25, -0.2) is 4.98 Å². The molecule has 136 valence electrons. The Balaban J connectivity index is 1.34. The molecule has 0 saturated carbocycles. The lowest BCUT2D eigenvalue weighted by Crippen LogP contribution is -2.32. The molecule has 0 radical (unpaired) electrons. The first kappa shape index (κ1) is 16.3. The fourth-order valence-corrected chi connectivity index (χ4v) is 4.90. The minimum Gasteiger partial charge on any atom is -0.358 e. The summed E-state index contributed by atoms with van der Waals surface area (Å²) in [6.07, 6.45) is 2.14. The van der Waals surface area contributed by atoms with E-state index in [-0.39, 0.29) is 10.6 Å². The zero-order valence-electron chi connectivity index (χ0n) is 14.6. The van der Waals surface area contributed by atoms with Gasteiger partial charge in [0, 0.05) is 42.4 Å². The number of nitrogens with zero attached hydrogens (tertiary/aromatic N) is 3. The van der Waals surface area contributed by atoms with Crippen molar-refractivity contribution < 1.29 is 4.92 Å². The Labute approximate surface area is 159 Å². The van der Waals surface area contributed by atoms with E-state index in [9.17, 15) is 10.1 Å². The van der Waals surface area contributed by atoms with E-state index in [0.29, 0.717) is 5.92 Å². The number of fused-ring (bicyclic) bond motifs is 2. The van der Waals surface area contributed by atoms with E-state index in [1.807, 2.05) is 0 Å². The predicted octanol–water partition coefficient (Wildman–Crippen LogP) is 5.07. The fraction of sp³-hybridized carbons (Fsp3) is 0.250. The second-order valence-corrected chi connectivity index (χ2v) is 7.99. The number of aromatic amines is 1. The summed E-state index contributed by atoms with van der Waals surface area (Å²) >= 11 is 1.54. The molecule has 0 atom stereocenters. The van der Waals surface area contributed by atoms with Gasteiger partial charge in [-0.2, -0.15) is 0 Å². The van der Waals surface area contributed by atoms with Gasteiger partial charge in [0.25, 0.3) is 5.69 Å². The number of H-pyrrole nitrogens is 1. The molecule has 3 heterocycles. The Morgan fingerprint density at radius 1 is 1.15 bits per heavy atom. The Kier molecular flexibility index (Phi) is 3.82. The summed E-state index contributed by atoms with van der Waals surface area (Å²) in [5.74, 6) is 0.532. The van der Waals surface area contributed by atoms with Crippen LogP contribution in [0.5, 0.6) is 0 Å². The fourth-order valence-electron chi connectivity index (χ4n) is 3.85. The first-order valence-electron chi connectivity index (χ1n) is 9.05. The molecule has 1 N–H and O–H groups in total. The summed E-state index contributed by atoms with van der Waals surface area (Å²) in [6, 6.07) is 15.5. The standard InChI is InChI=1S/C20H18N4O2S/c25-24(26)15-5-6-17-19(12-15)27-20(22-17)23-9-7-13(8-10-23)18-11-14-3-1-2-4-16(14)21-18/h1-6,11-13,21H,7-10H2. The molecule has 1 fully saturated rings. The van der Waals surface area contributed by atoms with Crippen LogP contribution in [0.3, 0.4) is 0 Å². The van der Waals surface area contributed by atoms with Gasteiger partial charge < -0.3 is 9.88 Å². The number of nitrogens with one attached hydrogen (secondary N) is 1. The summed E-state index contributed by atoms with van der Waals surface area (Å²) in [6.45, 7) is 1.89. The molecule has 0 aliphatic carbocycles. The van der Waals surface area contributed by atoms with Crippen molar-refractivity contribution >= 4 is 43.3 Å². The van der Waals surface area contributed by atoms with Crippen LogP contribution in [0, 0.1) is 10.1 Å². The zero-order chi connectivity index (χ0) is 18.4. The molecular weight excluding hydrogens is 360 g/mol. The molecule has 0 amide bonds. The van der Waals surface area contributed by atoms with Crippen molar-refractivity contribution in [1.29, 1.82) is 0 Å². The molecule has 1 aliphatic rings. The number of anilines is 1. The number of hydrogen-bond donors (Lipinski definition) is 1. The molecule has 7 heteroatoms. The molecule has 0 unspecified atom stereocenters. The van der Waals surface area contributed by atoms with Crippen molar-refractivity contribution in [3.63, 3.8) is 0 Å². The monoisotopic (exact) mass is 378 g/mol. The summed E-state index contributed by atoms with van der Waals surface area (Å²) in [4.78, 5) is 21.2. The maximum Gasteiger partial charge on any atom is 0.270 e. The SMILES string of the molecule is O=[N+]([O-])c1ccc2nc(N3CCC(c4cc5ccccc5[nH]4)CC3)sc2c1. The van der Waals surface area contributed by atoms with Crippen molar-refractivity contribution in [1.82, 2.24) is 9.97 Å². The smallest absolute Gasteiger partial charge is 0.270 e. The number of nitro groups is 1. The van der Waals surface area contributed by atoms with Crippen molar-refractivity contribution in [3.8, 4) is 0 Å². The number of para-hydroxylation sites is 1. The first-order valence-corrected chi connectivity index (χ1v) is 9.86. The van der Waals surface area contributed by atoms with Gasteiger partial charge in [0.1, 0.15) is 0 Å². The Hall–Kier alpha value is -2.93. The van der Waals surface area contributed by atoms with Gasteiger partial charge in [0.2, 0.25) is 0 Å². The summed E-state index contributed by atoms with van der Waals surface area (Å²) in [5, 5.41) is 13.2. The highest BCUT2D eigenvalue weighted by molar-refractivity contribution is 7.22. The molecule has 1 aliphatic heterocycles. The highest BCUT2D eigenvalue weighted by Gasteiger charge is 2.24. The van der Waals surface area contributed by atoms with E-state index in [1.54, 1.807) is 12.1 Å². The third-order valence-electron chi connectivity index (χ3n) is 5.33. The van der Waals surface area contributed by atoms with E-state index in [2.05, 4.69) is 45.2 Å². The van der Waals surface area contributed by atoms with Gasteiger partial charge in [0.15, 0.2) is 5.13 Å². The maximum atomic E-state index is 11.0.